The fraction of sp³-hybridized carbons (Fsp3) is 0.613. The van der Waals surface area contributed by atoms with Crippen LogP contribution in [0.15, 0.2) is 59.7 Å². The van der Waals surface area contributed by atoms with Gasteiger partial charge in [0.25, 0.3) is 0 Å². The number of ether oxygens (including phenoxy) is 1. The summed E-state index contributed by atoms with van der Waals surface area (Å²) in [5.74, 6) is 2.45. The number of rotatable bonds is 6. The molecule has 0 amide bonds. The number of allylic oxidation sites excluding steroid dienone is 3. The van der Waals surface area contributed by atoms with Crippen molar-refractivity contribution in [2.75, 3.05) is 6.61 Å². The molecule has 3 saturated carbocycles. The van der Waals surface area contributed by atoms with Gasteiger partial charge in [0, 0.05) is 6.42 Å². The van der Waals surface area contributed by atoms with Crippen LogP contribution in [0.1, 0.15) is 78.2 Å². The molecule has 192 valence electrons. The summed E-state index contributed by atoms with van der Waals surface area (Å²) in [4.78, 5) is 0. The Labute approximate surface area is 211 Å². The normalized spacial score (nSPS) is 34.8. The van der Waals surface area contributed by atoms with E-state index in [9.17, 15) is 15.3 Å². The van der Waals surface area contributed by atoms with Crippen molar-refractivity contribution in [1.29, 1.82) is 0 Å². The highest BCUT2D eigenvalue weighted by Gasteiger charge is 2.50. The van der Waals surface area contributed by atoms with Gasteiger partial charge in [0.1, 0.15) is 5.75 Å². The molecule has 0 aromatic heterocycles. The molecule has 1 aromatic rings. The van der Waals surface area contributed by atoms with Gasteiger partial charge in [-0.25, -0.2) is 0 Å². The van der Waals surface area contributed by atoms with E-state index in [1.165, 1.54) is 31.3 Å². The summed E-state index contributed by atoms with van der Waals surface area (Å²) in [6.45, 7) is 13.2. The zero-order valence-electron chi connectivity index (χ0n) is 22.0. The average Bonchev–Trinajstić information content (AvgIpc) is 3.16. The summed E-state index contributed by atoms with van der Waals surface area (Å²) < 4.78 is 6.23. The molecule has 0 unspecified atom stereocenters. The lowest BCUT2D eigenvalue weighted by Gasteiger charge is -2.44. The van der Waals surface area contributed by atoms with Gasteiger partial charge in [0.05, 0.1) is 24.4 Å². The zero-order chi connectivity index (χ0) is 25.4. The van der Waals surface area contributed by atoms with Gasteiger partial charge in [-0.15, -0.1) is 0 Å². The highest BCUT2D eigenvalue weighted by atomic mass is 16.5. The highest BCUT2D eigenvalue weighted by molar-refractivity contribution is 5.38. The molecule has 3 fully saturated rings. The Hall–Kier alpha value is -1.88. The monoisotopic (exact) mass is 480 g/mol. The van der Waals surface area contributed by atoms with E-state index in [1.807, 2.05) is 24.3 Å². The summed E-state index contributed by atoms with van der Waals surface area (Å²) in [5.41, 5.74) is 3.52. The minimum absolute atomic E-state index is 0.267. The van der Waals surface area contributed by atoms with Gasteiger partial charge in [-0.2, -0.15) is 0 Å². The van der Waals surface area contributed by atoms with E-state index < -0.39 is 17.8 Å². The van der Waals surface area contributed by atoms with Crippen molar-refractivity contribution < 1.29 is 20.1 Å². The molecule has 3 aliphatic rings. The van der Waals surface area contributed by atoms with Gasteiger partial charge in [-0.1, -0.05) is 50.3 Å². The van der Waals surface area contributed by atoms with Gasteiger partial charge in [-0.05, 0) is 104 Å². The minimum atomic E-state index is -0.878. The van der Waals surface area contributed by atoms with E-state index in [4.69, 9.17) is 4.74 Å². The first-order valence-corrected chi connectivity index (χ1v) is 13.4. The third-order valence-electron chi connectivity index (χ3n) is 9.04. The summed E-state index contributed by atoms with van der Waals surface area (Å²) >= 11 is 0. The molecule has 6 atom stereocenters. The Bertz CT molecular complexity index is 984. The second-order valence-corrected chi connectivity index (χ2v) is 12.0. The first kappa shape index (κ1) is 26.2. The molecule has 3 aliphatic carbocycles. The van der Waals surface area contributed by atoms with E-state index in [0.717, 1.165) is 28.9 Å². The minimum Gasteiger partial charge on any atom is -0.493 e. The summed E-state index contributed by atoms with van der Waals surface area (Å²) in [6, 6.07) is 7.82. The maximum atomic E-state index is 10.3. The first-order chi connectivity index (χ1) is 16.5. The van der Waals surface area contributed by atoms with E-state index in [1.54, 1.807) is 13.8 Å². The summed E-state index contributed by atoms with van der Waals surface area (Å²) in [7, 11) is 0. The number of benzene rings is 1. The second kappa shape index (κ2) is 10.2. The molecule has 0 saturated heterocycles. The number of aliphatic hydroxyl groups is 3. The molecular weight excluding hydrogens is 436 g/mol. The van der Waals surface area contributed by atoms with Crippen LogP contribution >= 0.6 is 0 Å². The lowest BCUT2D eigenvalue weighted by molar-refractivity contribution is 0.0727. The average molecular weight is 481 g/mol. The Kier molecular flexibility index (Phi) is 7.66. The number of fused-ring (bicyclic) bond motifs is 1. The maximum Gasteiger partial charge on any atom is 0.119 e. The Morgan fingerprint density at radius 1 is 1.23 bits per heavy atom. The largest absolute Gasteiger partial charge is 0.493 e. The zero-order valence-corrected chi connectivity index (χ0v) is 22.0. The molecule has 0 spiro atoms. The SMILES string of the molecule is C=C1C(=CC=C2CCC[C@]3(C)[C@@H]([C@@H](C)COc4cccc(C(C)(C)O)c4)CC[C@@H]23)C[C@@H](O)C[C@@H]1O. The van der Waals surface area contributed by atoms with E-state index in [-0.39, 0.29) is 5.41 Å². The van der Waals surface area contributed by atoms with Crippen LogP contribution in [0.3, 0.4) is 0 Å². The van der Waals surface area contributed by atoms with Crippen LogP contribution in [-0.4, -0.2) is 34.1 Å². The maximum absolute atomic E-state index is 10.3. The molecule has 35 heavy (non-hydrogen) atoms. The van der Waals surface area contributed by atoms with Crippen LogP contribution in [-0.2, 0) is 5.60 Å². The van der Waals surface area contributed by atoms with Crippen LogP contribution in [0, 0.1) is 23.2 Å². The van der Waals surface area contributed by atoms with Crippen LogP contribution in [0.2, 0.25) is 0 Å². The first-order valence-electron chi connectivity index (χ1n) is 13.4. The molecule has 0 heterocycles. The lowest BCUT2D eigenvalue weighted by Crippen LogP contribution is -2.37. The van der Waals surface area contributed by atoms with Gasteiger partial charge >= 0.3 is 0 Å². The Morgan fingerprint density at radius 2 is 2.00 bits per heavy atom. The van der Waals surface area contributed by atoms with Crippen molar-refractivity contribution in [3.8, 4) is 5.75 Å². The van der Waals surface area contributed by atoms with Gasteiger partial charge in [0.15, 0.2) is 0 Å². The third kappa shape index (κ3) is 5.60. The third-order valence-corrected chi connectivity index (χ3v) is 9.04. The predicted octanol–water partition coefficient (Wildman–Crippen LogP) is 6.07. The van der Waals surface area contributed by atoms with Crippen LogP contribution in [0.25, 0.3) is 0 Å². The molecule has 3 N–H and O–H groups in total. The Balaban J connectivity index is 1.45. The number of aliphatic hydroxyl groups excluding tert-OH is 2. The quantitative estimate of drug-likeness (QED) is 0.462. The lowest BCUT2D eigenvalue weighted by atomic mass is 9.61. The van der Waals surface area contributed by atoms with Crippen LogP contribution < -0.4 is 4.74 Å². The van der Waals surface area contributed by atoms with Crippen molar-refractivity contribution >= 4 is 0 Å². The topological polar surface area (TPSA) is 69.9 Å². The van der Waals surface area contributed by atoms with Crippen LogP contribution in [0.5, 0.6) is 5.75 Å². The van der Waals surface area contributed by atoms with Crippen molar-refractivity contribution in [3.05, 3.63) is 65.3 Å². The summed E-state index contributed by atoms with van der Waals surface area (Å²) in [5, 5.41) is 30.6. The van der Waals surface area contributed by atoms with Crippen molar-refractivity contribution in [2.24, 2.45) is 23.2 Å². The van der Waals surface area contributed by atoms with E-state index in [0.29, 0.717) is 37.2 Å². The van der Waals surface area contributed by atoms with Crippen molar-refractivity contribution in [2.45, 2.75) is 90.4 Å². The second-order valence-electron chi connectivity index (χ2n) is 12.0. The Morgan fingerprint density at radius 3 is 2.74 bits per heavy atom. The molecule has 4 nitrogen and oxygen atoms in total. The fourth-order valence-corrected chi connectivity index (χ4v) is 6.99. The molecule has 1 aromatic carbocycles. The predicted molar refractivity (Wildman–Crippen MR) is 141 cm³/mol. The number of hydrogen-bond acceptors (Lipinski definition) is 4. The summed E-state index contributed by atoms with van der Waals surface area (Å²) in [6.07, 6.45) is 10.2. The molecule has 0 radical (unpaired) electrons. The van der Waals surface area contributed by atoms with Gasteiger partial charge < -0.3 is 20.1 Å². The van der Waals surface area contributed by atoms with Crippen molar-refractivity contribution in [3.63, 3.8) is 0 Å². The van der Waals surface area contributed by atoms with Crippen LogP contribution in [0.4, 0.5) is 0 Å². The molecule has 4 heteroatoms. The standard InChI is InChI=1S/C31H44O4/c1-20(19-35-26-10-6-9-24(17-26)30(3,4)34)27-13-14-28-22(8-7-15-31(27,28)5)11-12-23-16-25(32)18-29(33)21(23)2/h6,9-12,17,20,25,27-29,32-34H,2,7-8,13-16,18-19H2,1,3-5H3/t20-,25+,27+,28-,29-,31+/m0/s1. The molecule has 0 bridgehead atoms. The molecule has 0 aliphatic heterocycles. The smallest absolute Gasteiger partial charge is 0.119 e. The van der Waals surface area contributed by atoms with Crippen molar-refractivity contribution in [1.82, 2.24) is 0 Å². The van der Waals surface area contributed by atoms with Gasteiger partial charge in [-0.3, -0.25) is 0 Å². The van der Waals surface area contributed by atoms with E-state index in [2.05, 4.69) is 32.6 Å². The number of hydrogen-bond donors (Lipinski definition) is 3. The fourth-order valence-electron chi connectivity index (χ4n) is 6.99. The van der Waals surface area contributed by atoms with Gasteiger partial charge in [0.2, 0.25) is 0 Å². The molecule has 4 rings (SSSR count). The van der Waals surface area contributed by atoms with E-state index >= 15 is 0 Å². The highest BCUT2D eigenvalue weighted by Crippen LogP contribution is 2.59. The molecular formula is C31H44O4.